The molecule has 0 aromatic rings. The van der Waals surface area contributed by atoms with E-state index in [9.17, 15) is 0 Å². The van der Waals surface area contributed by atoms with Gasteiger partial charge < -0.3 is 0 Å². The standard InChI is InChI=1S/C10H16S/c1-5-7-10(6-2)8-9(3)11-4/h8,10H,6H2,1-4H3/b9-8-. The first-order valence-corrected chi connectivity index (χ1v) is 5.11. The molecular formula is C10H16S. The number of allylic oxidation sites excluding steroid dienone is 2. The zero-order valence-corrected chi connectivity index (χ0v) is 8.59. The van der Waals surface area contributed by atoms with Gasteiger partial charge in [0.2, 0.25) is 0 Å². The van der Waals surface area contributed by atoms with Crippen LogP contribution in [0.15, 0.2) is 11.0 Å². The third-order valence-corrected chi connectivity index (χ3v) is 2.31. The molecule has 62 valence electrons. The van der Waals surface area contributed by atoms with Crippen LogP contribution in [0.1, 0.15) is 27.2 Å². The molecule has 0 saturated carbocycles. The molecule has 1 heteroatoms. The average molecular weight is 168 g/mol. The van der Waals surface area contributed by atoms with E-state index in [0.29, 0.717) is 5.92 Å². The van der Waals surface area contributed by atoms with Crippen molar-refractivity contribution < 1.29 is 0 Å². The van der Waals surface area contributed by atoms with E-state index in [-0.39, 0.29) is 0 Å². The van der Waals surface area contributed by atoms with Crippen LogP contribution in [0.4, 0.5) is 0 Å². The quantitative estimate of drug-likeness (QED) is 0.583. The Hall–Kier alpha value is -0.350. The molecule has 0 fully saturated rings. The highest BCUT2D eigenvalue weighted by Gasteiger charge is 1.96. The fourth-order valence-corrected chi connectivity index (χ4v) is 1.10. The first-order chi connectivity index (χ1) is 5.24. The summed E-state index contributed by atoms with van der Waals surface area (Å²) in [4.78, 5) is 1.36. The predicted molar refractivity (Wildman–Crippen MR) is 54.5 cm³/mol. The number of hydrogen-bond acceptors (Lipinski definition) is 1. The largest absolute Gasteiger partial charge is 0.135 e. The highest BCUT2D eigenvalue weighted by atomic mass is 32.2. The maximum atomic E-state index is 3.16. The molecule has 0 amide bonds. The summed E-state index contributed by atoms with van der Waals surface area (Å²) in [6.45, 7) is 6.19. The highest BCUT2D eigenvalue weighted by Crippen LogP contribution is 2.14. The Bertz CT molecular complexity index is 181. The maximum absolute atomic E-state index is 3.16. The van der Waals surface area contributed by atoms with Crippen molar-refractivity contribution in [3.8, 4) is 11.8 Å². The van der Waals surface area contributed by atoms with E-state index in [1.54, 1.807) is 11.8 Å². The van der Waals surface area contributed by atoms with Gasteiger partial charge in [-0.3, -0.25) is 0 Å². The lowest BCUT2D eigenvalue weighted by molar-refractivity contribution is 0.797. The summed E-state index contributed by atoms with van der Waals surface area (Å²) < 4.78 is 0. The smallest absolute Gasteiger partial charge is 0.0390 e. The summed E-state index contributed by atoms with van der Waals surface area (Å²) in [5, 5.41) is 0. The van der Waals surface area contributed by atoms with Crippen LogP contribution >= 0.6 is 11.8 Å². The van der Waals surface area contributed by atoms with Crippen molar-refractivity contribution in [2.24, 2.45) is 5.92 Å². The summed E-state index contributed by atoms with van der Waals surface area (Å²) in [5.74, 6) is 6.55. The molecule has 0 aliphatic rings. The fourth-order valence-electron chi connectivity index (χ4n) is 0.798. The summed E-state index contributed by atoms with van der Waals surface area (Å²) >= 11 is 1.79. The van der Waals surface area contributed by atoms with Gasteiger partial charge in [0.05, 0.1) is 0 Å². The van der Waals surface area contributed by atoms with Crippen LogP contribution < -0.4 is 0 Å². The third kappa shape index (κ3) is 4.98. The molecule has 0 N–H and O–H groups in total. The van der Waals surface area contributed by atoms with Crippen molar-refractivity contribution in [2.45, 2.75) is 27.2 Å². The Morgan fingerprint density at radius 3 is 2.64 bits per heavy atom. The minimum Gasteiger partial charge on any atom is -0.135 e. The van der Waals surface area contributed by atoms with Gasteiger partial charge in [0.25, 0.3) is 0 Å². The highest BCUT2D eigenvalue weighted by molar-refractivity contribution is 8.02. The zero-order chi connectivity index (χ0) is 8.69. The summed E-state index contributed by atoms with van der Waals surface area (Å²) in [7, 11) is 0. The lowest BCUT2D eigenvalue weighted by atomic mass is 10.1. The minimum atomic E-state index is 0.451. The lowest BCUT2D eigenvalue weighted by Gasteiger charge is -2.01. The third-order valence-electron chi connectivity index (χ3n) is 1.53. The molecule has 0 nitrogen and oxygen atoms in total. The van der Waals surface area contributed by atoms with E-state index >= 15 is 0 Å². The van der Waals surface area contributed by atoms with E-state index in [2.05, 4.69) is 38.0 Å². The van der Waals surface area contributed by atoms with Crippen LogP contribution in [-0.2, 0) is 0 Å². The molecule has 0 saturated heterocycles. The maximum Gasteiger partial charge on any atom is 0.0390 e. The van der Waals surface area contributed by atoms with Crippen molar-refractivity contribution >= 4 is 11.8 Å². The van der Waals surface area contributed by atoms with Crippen LogP contribution in [0, 0.1) is 17.8 Å². The van der Waals surface area contributed by atoms with Crippen LogP contribution in [0.5, 0.6) is 0 Å². The first kappa shape index (κ1) is 10.7. The second-order valence-electron chi connectivity index (χ2n) is 2.39. The normalized spacial score (nSPS) is 13.6. The van der Waals surface area contributed by atoms with Crippen LogP contribution in [0.2, 0.25) is 0 Å². The van der Waals surface area contributed by atoms with Gasteiger partial charge in [-0.05, 0) is 31.4 Å². The molecule has 1 atom stereocenters. The van der Waals surface area contributed by atoms with Gasteiger partial charge in [-0.2, -0.15) is 0 Å². The summed E-state index contributed by atoms with van der Waals surface area (Å²) in [5.41, 5.74) is 0. The van der Waals surface area contributed by atoms with Gasteiger partial charge in [0.15, 0.2) is 0 Å². The zero-order valence-electron chi connectivity index (χ0n) is 7.77. The lowest BCUT2D eigenvalue weighted by Crippen LogP contribution is -1.89. The van der Waals surface area contributed by atoms with Gasteiger partial charge in [0, 0.05) is 5.92 Å². The Balaban J connectivity index is 4.13. The van der Waals surface area contributed by atoms with Crippen molar-refractivity contribution in [1.82, 2.24) is 0 Å². The number of thioether (sulfide) groups is 1. The molecule has 0 aliphatic carbocycles. The molecule has 0 aromatic carbocycles. The minimum absolute atomic E-state index is 0.451. The molecular weight excluding hydrogens is 152 g/mol. The van der Waals surface area contributed by atoms with E-state index in [1.807, 2.05) is 6.92 Å². The molecule has 0 spiro atoms. The van der Waals surface area contributed by atoms with Gasteiger partial charge in [-0.25, -0.2) is 0 Å². The molecule has 11 heavy (non-hydrogen) atoms. The fraction of sp³-hybridized carbons (Fsp3) is 0.600. The first-order valence-electron chi connectivity index (χ1n) is 3.89. The molecule has 0 heterocycles. The van der Waals surface area contributed by atoms with E-state index in [0.717, 1.165) is 6.42 Å². The second kappa shape index (κ2) is 6.37. The molecule has 0 aromatic heterocycles. The molecule has 0 rings (SSSR count). The summed E-state index contributed by atoms with van der Waals surface area (Å²) in [6, 6.07) is 0. The Kier molecular flexibility index (Phi) is 6.16. The second-order valence-corrected chi connectivity index (χ2v) is 3.44. The van der Waals surface area contributed by atoms with Gasteiger partial charge in [-0.1, -0.05) is 18.9 Å². The Labute approximate surface area is 74.5 Å². The van der Waals surface area contributed by atoms with Crippen LogP contribution in [0.25, 0.3) is 0 Å². The summed E-state index contributed by atoms with van der Waals surface area (Å²) in [6.07, 6.45) is 5.44. The Morgan fingerprint density at radius 1 is 1.64 bits per heavy atom. The van der Waals surface area contributed by atoms with E-state index < -0.39 is 0 Å². The van der Waals surface area contributed by atoms with Crippen LogP contribution in [-0.4, -0.2) is 6.26 Å². The van der Waals surface area contributed by atoms with Gasteiger partial charge in [0.1, 0.15) is 0 Å². The van der Waals surface area contributed by atoms with Crippen LogP contribution in [0.3, 0.4) is 0 Å². The number of hydrogen-bond donors (Lipinski definition) is 0. The van der Waals surface area contributed by atoms with Gasteiger partial charge >= 0.3 is 0 Å². The topological polar surface area (TPSA) is 0 Å². The van der Waals surface area contributed by atoms with Crippen molar-refractivity contribution in [3.05, 3.63) is 11.0 Å². The molecule has 1 unspecified atom stereocenters. The van der Waals surface area contributed by atoms with Crippen molar-refractivity contribution in [3.63, 3.8) is 0 Å². The average Bonchev–Trinajstić information content (AvgIpc) is 2.03. The molecule has 0 radical (unpaired) electrons. The van der Waals surface area contributed by atoms with Crippen molar-refractivity contribution in [2.75, 3.05) is 6.26 Å². The van der Waals surface area contributed by atoms with E-state index in [1.165, 1.54) is 4.91 Å². The molecule has 0 bridgehead atoms. The monoisotopic (exact) mass is 168 g/mol. The SMILES string of the molecule is CC#CC(/C=C(/C)SC)CC. The molecule has 0 aliphatic heterocycles. The number of rotatable bonds is 3. The predicted octanol–water partition coefficient (Wildman–Crippen LogP) is 3.30. The van der Waals surface area contributed by atoms with Gasteiger partial charge in [-0.15, -0.1) is 17.7 Å². The Morgan fingerprint density at radius 2 is 2.27 bits per heavy atom. The van der Waals surface area contributed by atoms with E-state index in [4.69, 9.17) is 0 Å². The van der Waals surface area contributed by atoms with Crippen molar-refractivity contribution in [1.29, 1.82) is 0 Å².